The lowest BCUT2D eigenvalue weighted by molar-refractivity contribution is -0.111. The van der Waals surface area contributed by atoms with Crippen molar-refractivity contribution >= 4 is 69.4 Å². The van der Waals surface area contributed by atoms with Gasteiger partial charge in [-0.25, -0.2) is 0 Å². The number of halogens is 3. The topological polar surface area (TPSA) is 74.9 Å². The average Bonchev–Trinajstić information content (AvgIpc) is 3.14. The zero-order valence-electron chi connectivity index (χ0n) is 17.3. The number of nitrogens with one attached hydrogen (secondary N) is 1. The summed E-state index contributed by atoms with van der Waals surface area (Å²) in [6.45, 7) is 0. The molecule has 1 amide bonds. The molecule has 3 aromatic carbocycles. The molecular weight excluding hydrogens is 513 g/mol. The fourth-order valence-corrected chi connectivity index (χ4v) is 4.91. The van der Waals surface area contributed by atoms with Crippen molar-refractivity contribution in [2.24, 2.45) is 0 Å². The molecule has 0 aliphatic rings. The van der Waals surface area contributed by atoms with Crippen LogP contribution >= 0.6 is 46.1 Å². The van der Waals surface area contributed by atoms with Gasteiger partial charge in [0.1, 0.15) is 10.7 Å². The number of hydrogen-bond donors (Lipinski definition) is 1. The molecule has 0 bridgehead atoms. The fourth-order valence-electron chi connectivity index (χ4n) is 3.17. The maximum atomic E-state index is 13.4. The first-order valence-electron chi connectivity index (χ1n) is 9.83. The van der Waals surface area contributed by atoms with E-state index in [0.29, 0.717) is 25.8 Å². The summed E-state index contributed by atoms with van der Waals surface area (Å²) in [5.74, 6) is -0.707. The highest BCUT2D eigenvalue weighted by Crippen LogP contribution is 2.25. The second-order valence-corrected chi connectivity index (χ2v) is 9.26. The van der Waals surface area contributed by atoms with Crippen LogP contribution in [0.3, 0.4) is 0 Å². The lowest BCUT2D eigenvalue weighted by atomic mass is 10.2. The highest BCUT2D eigenvalue weighted by atomic mass is 35.5. The average molecular weight is 527 g/mol. The Labute approximate surface area is 213 Å². The molecule has 9 heteroatoms. The van der Waals surface area contributed by atoms with E-state index in [4.69, 9.17) is 34.8 Å². The standard InChI is InChI=1S/C25H14Cl3N3O2S/c26-16-10-11-21(20(28)13-16)30-23(32)18(14-29)25-31(17-7-2-1-3-8-17)24(33)22(34-25)12-15-6-4-5-9-19(15)27/h1-13H,(H,30,32)/b22-12+,25-18-. The van der Waals surface area contributed by atoms with Crippen LogP contribution in [0.15, 0.2) is 77.6 Å². The highest BCUT2D eigenvalue weighted by molar-refractivity contribution is 7.07. The molecule has 0 fully saturated rings. The minimum absolute atomic E-state index is 0.180. The van der Waals surface area contributed by atoms with Crippen LogP contribution in [0.2, 0.25) is 15.1 Å². The number of thiazole rings is 1. The summed E-state index contributed by atoms with van der Waals surface area (Å²) < 4.78 is 1.84. The molecule has 0 saturated heterocycles. The number of carbonyl (C=O) groups is 1. The maximum Gasteiger partial charge on any atom is 0.273 e. The SMILES string of the molecule is N#C/C(C(=O)Nc1ccc(Cl)cc1Cl)=c1/s/c(=C/c2ccccc2Cl)c(=O)n1-c1ccccc1. The number of amides is 1. The molecule has 0 radical (unpaired) electrons. The molecule has 0 aliphatic heterocycles. The fraction of sp³-hybridized carbons (Fsp3) is 0. The first-order valence-corrected chi connectivity index (χ1v) is 11.8. The first-order chi connectivity index (χ1) is 16.4. The molecule has 0 saturated carbocycles. The van der Waals surface area contributed by atoms with Gasteiger partial charge >= 0.3 is 0 Å². The van der Waals surface area contributed by atoms with Gasteiger partial charge in [-0.15, -0.1) is 11.3 Å². The van der Waals surface area contributed by atoms with Crippen LogP contribution in [-0.2, 0) is 4.79 Å². The predicted molar refractivity (Wildman–Crippen MR) is 138 cm³/mol. The lowest BCUT2D eigenvalue weighted by Crippen LogP contribution is -2.32. The van der Waals surface area contributed by atoms with Crippen molar-refractivity contribution in [2.45, 2.75) is 0 Å². The van der Waals surface area contributed by atoms with Gasteiger partial charge in [-0.05, 0) is 48.0 Å². The van der Waals surface area contributed by atoms with E-state index in [9.17, 15) is 14.9 Å². The van der Waals surface area contributed by atoms with Crippen molar-refractivity contribution in [3.8, 4) is 11.8 Å². The number of anilines is 1. The molecule has 168 valence electrons. The molecule has 34 heavy (non-hydrogen) atoms. The van der Waals surface area contributed by atoms with E-state index < -0.39 is 5.91 Å². The largest absolute Gasteiger partial charge is 0.320 e. The van der Waals surface area contributed by atoms with E-state index in [0.717, 1.165) is 11.3 Å². The second kappa shape index (κ2) is 10.3. The second-order valence-electron chi connectivity index (χ2n) is 6.98. The van der Waals surface area contributed by atoms with Gasteiger partial charge in [-0.3, -0.25) is 14.2 Å². The van der Waals surface area contributed by atoms with Gasteiger partial charge in [-0.1, -0.05) is 71.2 Å². The van der Waals surface area contributed by atoms with E-state index in [1.54, 1.807) is 60.7 Å². The molecule has 4 rings (SSSR count). The van der Waals surface area contributed by atoms with Gasteiger partial charge < -0.3 is 5.32 Å². The van der Waals surface area contributed by atoms with E-state index in [1.165, 1.54) is 16.7 Å². The summed E-state index contributed by atoms with van der Waals surface area (Å²) in [7, 11) is 0. The monoisotopic (exact) mass is 525 g/mol. The molecule has 0 unspecified atom stereocenters. The lowest BCUT2D eigenvalue weighted by Gasteiger charge is -2.07. The van der Waals surface area contributed by atoms with Crippen LogP contribution in [0.25, 0.3) is 17.3 Å². The molecule has 0 spiro atoms. The van der Waals surface area contributed by atoms with Crippen LogP contribution < -0.4 is 20.1 Å². The number of para-hydroxylation sites is 1. The van der Waals surface area contributed by atoms with Crippen LogP contribution in [0.1, 0.15) is 5.56 Å². The third kappa shape index (κ3) is 4.93. The Morgan fingerprint density at radius 1 is 0.971 bits per heavy atom. The summed E-state index contributed by atoms with van der Waals surface area (Å²) in [5.41, 5.74) is 0.830. The maximum absolute atomic E-state index is 13.4. The molecule has 0 aliphatic carbocycles. The van der Waals surface area contributed by atoms with Crippen molar-refractivity contribution in [2.75, 3.05) is 5.32 Å². The van der Waals surface area contributed by atoms with Gasteiger partial charge in [0.25, 0.3) is 11.5 Å². The smallest absolute Gasteiger partial charge is 0.273 e. The van der Waals surface area contributed by atoms with Gasteiger partial charge in [-0.2, -0.15) is 5.26 Å². The number of rotatable bonds is 4. The highest BCUT2D eigenvalue weighted by Gasteiger charge is 2.18. The van der Waals surface area contributed by atoms with Crippen LogP contribution in [0.5, 0.6) is 0 Å². The third-order valence-corrected chi connectivity index (χ3v) is 6.75. The Hall–Kier alpha value is -3.34. The Morgan fingerprint density at radius 2 is 1.68 bits per heavy atom. The van der Waals surface area contributed by atoms with E-state index >= 15 is 0 Å². The molecule has 5 nitrogen and oxygen atoms in total. The van der Waals surface area contributed by atoms with Gasteiger partial charge in [0.15, 0.2) is 5.57 Å². The Bertz CT molecular complexity index is 1620. The van der Waals surface area contributed by atoms with Gasteiger partial charge in [0.05, 0.1) is 20.9 Å². The van der Waals surface area contributed by atoms with Crippen LogP contribution in [0, 0.1) is 11.3 Å². The summed E-state index contributed by atoms with van der Waals surface area (Å²) in [4.78, 5) is 26.5. The number of aromatic nitrogens is 1. The van der Waals surface area contributed by atoms with Gasteiger partial charge in [0, 0.05) is 10.0 Å². The minimum Gasteiger partial charge on any atom is -0.320 e. The predicted octanol–water partition coefficient (Wildman–Crippen LogP) is 5.00. The van der Waals surface area contributed by atoms with Crippen molar-refractivity contribution in [1.29, 1.82) is 5.26 Å². The Balaban J connectivity index is 1.96. The molecule has 4 aromatic rings. The normalized spacial score (nSPS) is 12.2. The number of benzene rings is 3. The number of nitriles is 1. The van der Waals surface area contributed by atoms with Crippen LogP contribution in [0.4, 0.5) is 5.69 Å². The summed E-state index contributed by atoms with van der Waals surface area (Å²) in [6, 6.07) is 22.4. The van der Waals surface area contributed by atoms with Crippen LogP contribution in [-0.4, -0.2) is 10.5 Å². The quantitative estimate of drug-likeness (QED) is 0.407. The van der Waals surface area contributed by atoms with Crippen molar-refractivity contribution in [1.82, 2.24) is 4.57 Å². The Kier molecular flexibility index (Phi) is 7.20. The molecule has 1 N–H and O–H groups in total. The van der Waals surface area contributed by atoms with E-state index in [2.05, 4.69) is 5.32 Å². The summed E-state index contributed by atoms with van der Waals surface area (Å²) >= 11 is 19.4. The Morgan fingerprint density at radius 3 is 2.35 bits per heavy atom. The number of nitrogens with zero attached hydrogens (tertiary/aromatic N) is 2. The number of carbonyl (C=O) groups excluding carboxylic acids is 1. The van der Waals surface area contributed by atoms with Crippen molar-refractivity contribution in [3.05, 3.63) is 113 Å². The molecule has 1 heterocycles. The van der Waals surface area contributed by atoms with Gasteiger partial charge in [0.2, 0.25) is 0 Å². The van der Waals surface area contributed by atoms with Crippen molar-refractivity contribution < 1.29 is 4.79 Å². The third-order valence-electron chi connectivity index (χ3n) is 4.76. The summed E-state index contributed by atoms with van der Waals surface area (Å²) in [5, 5.41) is 13.6. The van der Waals surface area contributed by atoms with E-state index in [1.807, 2.05) is 12.1 Å². The zero-order valence-corrected chi connectivity index (χ0v) is 20.3. The molecular formula is C25H14Cl3N3O2S. The molecule has 1 aromatic heterocycles. The first kappa shape index (κ1) is 23.8. The minimum atomic E-state index is -0.707. The zero-order chi connectivity index (χ0) is 24.2. The number of hydrogen-bond acceptors (Lipinski definition) is 4. The van der Waals surface area contributed by atoms with E-state index in [-0.39, 0.29) is 26.5 Å². The molecule has 0 atom stereocenters. The summed E-state index contributed by atoms with van der Waals surface area (Å²) in [6.07, 6.45) is 1.64. The van der Waals surface area contributed by atoms with Crippen molar-refractivity contribution in [3.63, 3.8) is 0 Å².